The van der Waals surface area contributed by atoms with E-state index in [1.54, 1.807) is 6.20 Å². The van der Waals surface area contributed by atoms with Crippen LogP contribution in [0.25, 0.3) is 0 Å². The van der Waals surface area contributed by atoms with Crippen molar-refractivity contribution in [3.63, 3.8) is 0 Å². The maximum absolute atomic E-state index is 11.8. The van der Waals surface area contributed by atoms with E-state index in [1.165, 1.54) is 31.2 Å². The highest BCUT2D eigenvalue weighted by Crippen LogP contribution is 2.38. The third kappa shape index (κ3) is 5.82. The quantitative estimate of drug-likeness (QED) is 0.553. The molecule has 3 atom stereocenters. The third-order valence-corrected chi connectivity index (χ3v) is 6.07. The van der Waals surface area contributed by atoms with E-state index < -0.39 is 17.6 Å². The van der Waals surface area contributed by atoms with E-state index in [4.69, 9.17) is 5.73 Å². The summed E-state index contributed by atoms with van der Waals surface area (Å²) in [4.78, 5) is 16.3. The first-order chi connectivity index (χ1) is 12.3. The van der Waals surface area contributed by atoms with Gasteiger partial charge in [0.15, 0.2) is 5.60 Å². The number of hydrogen-bond donors (Lipinski definition) is 3. The second kappa shape index (κ2) is 10.2. The van der Waals surface area contributed by atoms with Gasteiger partial charge in [-0.15, -0.1) is 24.8 Å². The number of nitrogens with two attached hydrogens (primary N) is 1. The predicted molar refractivity (Wildman–Crippen MR) is 115 cm³/mol. The lowest BCUT2D eigenvalue weighted by molar-refractivity contribution is -0.161. The average Bonchev–Trinajstić information content (AvgIpc) is 3.30. The number of carbonyl (C=O) groups is 1. The van der Waals surface area contributed by atoms with Gasteiger partial charge in [0.2, 0.25) is 0 Å². The average molecular weight is 433 g/mol. The van der Waals surface area contributed by atoms with Crippen LogP contribution in [0.5, 0.6) is 0 Å². The van der Waals surface area contributed by atoms with Crippen molar-refractivity contribution in [2.24, 2.45) is 23.5 Å². The fraction of sp³-hybridized carbons (Fsp3) is 0.714. The van der Waals surface area contributed by atoms with Gasteiger partial charge in [0.05, 0.1) is 0 Å². The molecule has 0 spiro atoms. The molecule has 1 heterocycles. The number of halogens is 2. The van der Waals surface area contributed by atoms with E-state index in [0.717, 1.165) is 24.3 Å². The molecular weight excluding hydrogens is 399 g/mol. The van der Waals surface area contributed by atoms with Crippen molar-refractivity contribution >= 4 is 30.8 Å². The SMILES string of the molecule is CC(C)CC(N)C(O)(Cc1nccc2c1C[C@@H](CCC1CC1)C2)C(=O)O.Cl.Cl. The van der Waals surface area contributed by atoms with E-state index in [0.29, 0.717) is 18.0 Å². The minimum atomic E-state index is -1.97. The zero-order valence-corrected chi connectivity index (χ0v) is 18.4. The number of rotatable bonds is 9. The Kier molecular flexibility index (Phi) is 9.20. The Labute approximate surface area is 180 Å². The number of aliphatic carboxylic acids is 1. The van der Waals surface area contributed by atoms with E-state index in [2.05, 4.69) is 4.98 Å². The molecule has 5 nitrogen and oxygen atoms in total. The van der Waals surface area contributed by atoms with Gasteiger partial charge < -0.3 is 15.9 Å². The van der Waals surface area contributed by atoms with Crippen LogP contribution < -0.4 is 5.73 Å². The van der Waals surface area contributed by atoms with Crippen LogP contribution in [0, 0.1) is 17.8 Å². The molecule has 2 aliphatic rings. The maximum Gasteiger partial charge on any atom is 0.337 e. The zero-order chi connectivity index (χ0) is 18.9. The van der Waals surface area contributed by atoms with Gasteiger partial charge in [0.25, 0.3) is 0 Å². The first-order valence-corrected chi connectivity index (χ1v) is 9.96. The van der Waals surface area contributed by atoms with Gasteiger partial charge >= 0.3 is 5.97 Å². The Morgan fingerprint density at radius 1 is 1.25 bits per heavy atom. The summed E-state index contributed by atoms with van der Waals surface area (Å²) in [5.41, 5.74) is 7.25. The van der Waals surface area contributed by atoms with Crippen LogP contribution in [0.15, 0.2) is 12.3 Å². The highest BCUT2D eigenvalue weighted by atomic mass is 35.5. The molecular formula is C21H34Cl2N2O3. The van der Waals surface area contributed by atoms with Crippen molar-refractivity contribution in [3.8, 4) is 0 Å². The van der Waals surface area contributed by atoms with Gasteiger partial charge in [0.1, 0.15) is 0 Å². The number of aliphatic hydroxyl groups is 1. The summed E-state index contributed by atoms with van der Waals surface area (Å²) in [6.45, 7) is 3.95. The van der Waals surface area contributed by atoms with Crippen molar-refractivity contribution in [3.05, 3.63) is 29.1 Å². The highest BCUT2D eigenvalue weighted by Gasteiger charge is 2.44. The Morgan fingerprint density at radius 2 is 1.89 bits per heavy atom. The summed E-state index contributed by atoms with van der Waals surface area (Å²) in [7, 11) is 0. The van der Waals surface area contributed by atoms with Crippen LogP contribution in [0.4, 0.5) is 0 Å². The molecule has 160 valence electrons. The van der Waals surface area contributed by atoms with Crippen molar-refractivity contribution in [1.29, 1.82) is 0 Å². The van der Waals surface area contributed by atoms with Crippen LogP contribution >= 0.6 is 24.8 Å². The molecule has 2 unspecified atom stereocenters. The largest absolute Gasteiger partial charge is 0.479 e. The van der Waals surface area contributed by atoms with Gasteiger partial charge in [-0.3, -0.25) is 4.98 Å². The topological polar surface area (TPSA) is 96.4 Å². The lowest BCUT2D eigenvalue weighted by atomic mass is 9.83. The number of hydrogen-bond acceptors (Lipinski definition) is 4. The molecule has 0 bridgehead atoms. The first kappa shape index (κ1) is 25.2. The molecule has 0 amide bonds. The van der Waals surface area contributed by atoms with Crippen molar-refractivity contribution < 1.29 is 15.0 Å². The molecule has 0 radical (unpaired) electrons. The van der Waals surface area contributed by atoms with Crippen molar-refractivity contribution in [2.45, 2.75) is 76.9 Å². The summed E-state index contributed by atoms with van der Waals surface area (Å²) in [5.74, 6) is 0.517. The number of nitrogens with zero attached hydrogens (tertiary/aromatic N) is 1. The number of carboxylic acid groups (broad SMARTS) is 1. The third-order valence-electron chi connectivity index (χ3n) is 6.07. The Hall–Kier alpha value is -0.880. The molecule has 0 aromatic carbocycles. The van der Waals surface area contributed by atoms with E-state index in [-0.39, 0.29) is 37.2 Å². The molecule has 28 heavy (non-hydrogen) atoms. The fourth-order valence-electron chi connectivity index (χ4n) is 4.25. The fourth-order valence-corrected chi connectivity index (χ4v) is 4.25. The molecule has 1 aromatic heterocycles. The zero-order valence-electron chi connectivity index (χ0n) is 16.8. The smallest absolute Gasteiger partial charge is 0.337 e. The van der Waals surface area contributed by atoms with Crippen LogP contribution in [0.2, 0.25) is 0 Å². The number of carboxylic acids is 1. The second-order valence-electron chi connectivity index (χ2n) is 8.83. The van der Waals surface area contributed by atoms with Gasteiger partial charge in [-0.2, -0.15) is 0 Å². The van der Waals surface area contributed by atoms with Gasteiger partial charge in [-0.05, 0) is 60.6 Å². The molecule has 2 aliphatic carbocycles. The van der Waals surface area contributed by atoms with E-state index >= 15 is 0 Å². The monoisotopic (exact) mass is 432 g/mol. The summed E-state index contributed by atoms with van der Waals surface area (Å²) in [5, 5.41) is 20.5. The van der Waals surface area contributed by atoms with Gasteiger partial charge in [-0.25, -0.2) is 4.79 Å². The summed E-state index contributed by atoms with van der Waals surface area (Å²) >= 11 is 0. The van der Waals surface area contributed by atoms with E-state index in [9.17, 15) is 15.0 Å². The maximum atomic E-state index is 11.8. The minimum Gasteiger partial charge on any atom is -0.479 e. The highest BCUT2D eigenvalue weighted by molar-refractivity contribution is 5.85. The summed E-state index contributed by atoms with van der Waals surface area (Å²) in [6.07, 6.45) is 9.47. The Balaban J connectivity index is 0.00000196. The molecule has 7 heteroatoms. The normalized spacial score (nSPS) is 21.2. The first-order valence-electron chi connectivity index (χ1n) is 9.96. The van der Waals surface area contributed by atoms with Crippen LogP contribution in [-0.2, 0) is 24.1 Å². The lowest BCUT2D eigenvalue weighted by Gasteiger charge is -2.31. The van der Waals surface area contributed by atoms with Crippen LogP contribution in [0.1, 0.15) is 62.8 Å². The minimum absolute atomic E-state index is 0. The molecule has 4 N–H and O–H groups in total. The lowest BCUT2D eigenvalue weighted by Crippen LogP contribution is -2.56. The standard InChI is InChI=1S/C21H32N2O3.2ClH/c1-13(2)9-19(22)21(26,20(24)25)12-18-17-11-15(6-5-14-3-4-14)10-16(17)7-8-23-18;;/h7-8,13-15,19,26H,3-6,9-12,22H2,1-2H3,(H,24,25);2*1H/t15-,19?,21?;;/m0../s1. The van der Waals surface area contributed by atoms with Crippen LogP contribution in [-0.4, -0.2) is 32.8 Å². The number of pyridine rings is 1. The molecule has 1 fully saturated rings. The predicted octanol–water partition coefficient (Wildman–Crippen LogP) is 3.56. The van der Waals surface area contributed by atoms with Gasteiger partial charge in [-0.1, -0.05) is 33.1 Å². The Morgan fingerprint density at radius 3 is 2.46 bits per heavy atom. The number of aromatic nitrogens is 1. The number of fused-ring (bicyclic) bond motifs is 1. The molecule has 3 rings (SSSR count). The van der Waals surface area contributed by atoms with Crippen LogP contribution in [0.3, 0.4) is 0 Å². The van der Waals surface area contributed by atoms with Crippen molar-refractivity contribution in [2.75, 3.05) is 0 Å². The van der Waals surface area contributed by atoms with Crippen molar-refractivity contribution in [1.82, 2.24) is 4.98 Å². The molecule has 0 aliphatic heterocycles. The van der Waals surface area contributed by atoms with Gasteiger partial charge in [0, 0.05) is 24.4 Å². The molecule has 1 aromatic rings. The summed E-state index contributed by atoms with van der Waals surface area (Å²) < 4.78 is 0. The van der Waals surface area contributed by atoms with E-state index in [1.807, 2.05) is 19.9 Å². The summed E-state index contributed by atoms with van der Waals surface area (Å²) in [6, 6.07) is 1.23. The Bertz CT molecular complexity index is 667. The molecule has 0 saturated heterocycles. The molecule has 1 saturated carbocycles. The second-order valence-corrected chi connectivity index (χ2v) is 8.83.